The van der Waals surface area contributed by atoms with E-state index in [9.17, 15) is 17.9 Å². The van der Waals surface area contributed by atoms with Gasteiger partial charge in [0.25, 0.3) is 0 Å². The van der Waals surface area contributed by atoms with Crippen molar-refractivity contribution in [3.05, 3.63) is 66.2 Å². The monoisotopic (exact) mass is 495 g/mol. The summed E-state index contributed by atoms with van der Waals surface area (Å²) in [5, 5.41) is 9.71. The number of aliphatic hydroxyl groups excluding tert-OH is 1. The van der Waals surface area contributed by atoms with Crippen molar-refractivity contribution >= 4 is 21.5 Å². The lowest BCUT2D eigenvalue weighted by Gasteiger charge is -2.26. The summed E-state index contributed by atoms with van der Waals surface area (Å²) in [6.07, 6.45) is 5.33. The Hall–Kier alpha value is -3.34. The van der Waals surface area contributed by atoms with Gasteiger partial charge in [0, 0.05) is 23.4 Å². The van der Waals surface area contributed by atoms with Gasteiger partial charge in [-0.2, -0.15) is 0 Å². The van der Waals surface area contributed by atoms with Crippen LogP contribution < -0.4 is 10.5 Å². The topological polar surface area (TPSA) is 123 Å². The molecule has 0 saturated heterocycles. The molecule has 2 heterocycles. The first-order valence-electron chi connectivity index (χ1n) is 11.4. The van der Waals surface area contributed by atoms with Crippen LogP contribution in [0.25, 0.3) is 28.2 Å². The smallest absolute Gasteiger partial charge is 0.240 e. The third kappa shape index (κ3) is 4.64. The van der Waals surface area contributed by atoms with Crippen molar-refractivity contribution in [2.45, 2.75) is 49.6 Å². The van der Waals surface area contributed by atoms with E-state index in [1.54, 1.807) is 47.1 Å². The summed E-state index contributed by atoms with van der Waals surface area (Å²) in [6, 6.07) is 10.8. The maximum Gasteiger partial charge on any atom is 0.240 e. The third-order valence-corrected chi connectivity index (χ3v) is 7.97. The van der Waals surface area contributed by atoms with Crippen LogP contribution in [0.5, 0.6) is 0 Å². The number of aromatic nitrogens is 3. The van der Waals surface area contributed by atoms with Crippen molar-refractivity contribution in [2.24, 2.45) is 0 Å². The van der Waals surface area contributed by atoms with Gasteiger partial charge in [-0.3, -0.25) is 4.40 Å². The number of hydrogen-bond acceptors (Lipinski definition) is 6. The maximum absolute atomic E-state index is 13.8. The van der Waals surface area contributed by atoms with Crippen molar-refractivity contribution in [2.75, 3.05) is 5.73 Å². The van der Waals surface area contributed by atoms with E-state index in [1.165, 1.54) is 12.1 Å². The fraction of sp³-hybridized carbons (Fsp3) is 0.280. The molecule has 5 rings (SSSR count). The van der Waals surface area contributed by atoms with E-state index in [4.69, 9.17) is 5.73 Å². The Bertz CT molecular complexity index is 1510. The highest BCUT2D eigenvalue weighted by atomic mass is 32.2. The van der Waals surface area contributed by atoms with Gasteiger partial charge in [0.2, 0.25) is 10.0 Å². The number of sulfonamides is 1. The molecule has 0 unspecified atom stereocenters. The van der Waals surface area contributed by atoms with E-state index in [-0.39, 0.29) is 28.7 Å². The molecule has 0 bridgehead atoms. The Labute approximate surface area is 202 Å². The van der Waals surface area contributed by atoms with Gasteiger partial charge in [0.05, 0.1) is 28.6 Å². The molecule has 10 heteroatoms. The Morgan fingerprint density at radius 2 is 1.91 bits per heavy atom. The van der Waals surface area contributed by atoms with Crippen molar-refractivity contribution in [3.8, 4) is 22.5 Å². The number of aliphatic hydroxyl groups is 1. The van der Waals surface area contributed by atoms with Gasteiger partial charge >= 0.3 is 0 Å². The number of nitrogens with zero attached hydrogens (tertiary/aromatic N) is 3. The second-order valence-electron chi connectivity index (χ2n) is 8.96. The molecule has 8 nitrogen and oxygen atoms in total. The van der Waals surface area contributed by atoms with E-state index in [0.29, 0.717) is 53.8 Å². The predicted octanol–water partition coefficient (Wildman–Crippen LogP) is 3.67. The first-order chi connectivity index (χ1) is 16.7. The van der Waals surface area contributed by atoms with Gasteiger partial charge in [-0.05, 0) is 62.4 Å². The molecule has 1 aliphatic carbocycles. The molecule has 0 radical (unpaired) electrons. The number of aryl methyl sites for hydroxylation is 1. The quantitative estimate of drug-likeness (QED) is 0.388. The molecule has 35 heavy (non-hydrogen) atoms. The zero-order valence-electron chi connectivity index (χ0n) is 19.1. The van der Waals surface area contributed by atoms with Crippen LogP contribution in [-0.4, -0.2) is 40.0 Å². The number of anilines is 1. The van der Waals surface area contributed by atoms with E-state index >= 15 is 0 Å². The number of nitrogens with two attached hydrogens (primary N) is 1. The fourth-order valence-corrected chi connectivity index (χ4v) is 5.85. The number of fused-ring (bicyclic) bond motifs is 1. The summed E-state index contributed by atoms with van der Waals surface area (Å²) in [6.45, 7) is 1.89. The van der Waals surface area contributed by atoms with Crippen LogP contribution in [0.15, 0.2) is 59.8 Å². The summed E-state index contributed by atoms with van der Waals surface area (Å²) in [5.41, 5.74) is 9.79. The molecular weight excluding hydrogens is 469 g/mol. The average Bonchev–Trinajstić information content (AvgIpc) is 3.25. The fourth-order valence-electron chi connectivity index (χ4n) is 4.52. The lowest BCUT2D eigenvalue weighted by atomic mass is 9.94. The van der Waals surface area contributed by atoms with Crippen LogP contribution >= 0.6 is 0 Å². The Balaban J connectivity index is 1.55. The minimum absolute atomic E-state index is 0.145. The van der Waals surface area contributed by atoms with Gasteiger partial charge in [-0.15, -0.1) is 0 Å². The number of imidazole rings is 1. The normalized spacial score (nSPS) is 18.7. The third-order valence-electron chi connectivity index (χ3n) is 6.45. The molecule has 2 aromatic carbocycles. The largest absolute Gasteiger partial charge is 0.393 e. The molecule has 0 atom stereocenters. The van der Waals surface area contributed by atoms with Gasteiger partial charge in [-0.25, -0.2) is 27.5 Å². The standard InChI is InChI=1S/C25H26FN5O3S/c1-15-5-10-20(35(33,34)30-18-6-8-19(32)9-7-18)12-21(15)23-13-28-25-24(27)29-22(14-31(23)25)16-3-2-4-17(26)11-16/h2-5,10-14,18-19,30,32H,6-9H2,1H3,(H2,27,29). The molecule has 4 N–H and O–H groups in total. The number of rotatable bonds is 5. The molecule has 0 aliphatic heterocycles. The van der Waals surface area contributed by atoms with Gasteiger partial charge in [0.1, 0.15) is 5.82 Å². The summed E-state index contributed by atoms with van der Waals surface area (Å²) in [4.78, 5) is 8.91. The van der Waals surface area contributed by atoms with Crippen molar-refractivity contribution in [1.82, 2.24) is 19.1 Å². The van der Waals surface area contributed by atoms with Crippen molar-refractivity contribution < 1.29 is 17.9 Å². The number of nitrogens with one attached hydrogen (secondary N) is 1. The second kappa shape index (κ2) is 9.03. The van der Waals surface area contributed by atoms with Crippen LogP contribution in [0.4, 0.5) is 10.2 Å². The molecular formula is C25H26FN5O3S. The molecule has 0 spiro atoms. The van der Waals surface area contributed by atoms with E-state index < -0.39 is 10.0 Å². The molecule has 1 saturated carbocycles. The molecule has 2 aromatic heterocycles. The number of halogens is 1. The van der Waals surface area contributed by atoms with Crippen LogP contribution in [0.2, 0.25) is 0 Å². The average molecular weight is 496 g/mol. The summed E-state index contributed by atoms with van der Waals surface area (Å²) in [7, 11) is -3.77. The number of nitrogen functional groups attached to an aromatic ring is 1. The summed E-state index contributed by atoms with van der Waals surface area (Å²) in [5.74, 6) is -0.205. The SMILES string of the molecule is Cc1ccc(S(=O)(=O)NC2CCC(O)CC2)cc1-c1cnc2c(N)nc(-c3cccc(F)c3)cn12. The molecule has 182 valence electrons. The summed E-state index contributed by atoms with van der Waals surface area (Å²) < 4.78 is 44.6. The molecule has 1 aliphatic rings. The predicted molar refractivity (Wildman–Crippen MR) is 132 cm³/mol. The highest BCUT2D eigenvalue weighted by molar-refractivity contribution is 7.89. The van der Waals surface area contributed by atoms with Gasteiger partial charge < -0.3 is 10.8 Å². The highest BCUT2D eigenvalue weighted by Crippen LogP contribution is 2.31. The Morgan fingerprint density at radius 1 is 1.14 bits per heavy atom. The first kappa shape index (κ1) is 23.4. The Morgan fingerprint density at radius 3 is 2.66 bits per heavy atom. The second-order valence-corrected chi connectivity index (χ2v) is 10.7. The number of hydrogen-bond donors (Lipinski definition) is 3. The lowest BCUT2D eigenvalue weighted by Crippen LogP contribution is -2.38. The van der Waals surface area contributed by atoms with Crippen LogP contribution in [0.3, 0.4) is 0 Å². The first-order valence-corrected chi connectivity index (χ1v) is 12.9. The van der Waals surface area contributed by atoms with Gasteiger partial charge in [0.15, 0.2) is 11.5 Å². The zero-order valence-corrected chi connectivity index (χ0v) is 20.0. The van der Waals surface area contributed by atoms with E-state index in [0.717, 1.165) is 5.56 Å². The van der Waals surface area contributed by atoms with E-state index in [2.05, 4.69) is 14.7 Å². The van der Waals surface area contributed by atoms with Crippen molar-refractivity contribution in [3.63, 3.8) is 0 Å². The van der Waals surface area contributed by atoms with Crippen LogP contribution in [0.1, 0.15) is 31.2 Å². The van der Waals surface area contributed by atoms with Crippen molar-refractivity contribution in [1.29, 1.82) is 0 Å². The van der Waals surface area contributed by atoms with E-state index in [1.807, 2.05) is 6.92 Å². The summed E-state index contributed by atoms with van der Waals surface area (Å²) >= 11 is 0. The molecule has 4 aromatic rings. The number of benzene rings is 2. The van der Waals surface area contributed by atoms with Crippen LogP contribution in [-0.2, 0) is 10.0 Å². The van der Waals surface area contributed by atoms with Gasteiger partial charge in [-0.1, -0.05) is 18.2 Å². The maximum atomic E-state index is 13.8. The van der Waals surface area contributed by atoms with Crippen LogP contribution in [0, 0.1) is 12.7 Å². The minimum atomic E-state index is -3.77. The molecule has 0 amide bonds. The molecule has 1 fully saturated rings. The zero-order chi connectivity index (χ0) is 24.7. The Kier molecular flexibility index (Phi) is 6.04. The highest BCUT2D eigenvalue weighted by Gasteiger charge is 2.25. The lowest BCUT2D eigenvalue weighted by molar-refractivity contribution is 0.120. The minimum Gasteiger partial charge on any atom is -0.393 e.